The van der Waals surface area contributed by atoms with Crippen LogP contribution in [-0.2, 0) is 9.47 Å². The molecular weight excluding hydrogens is 238 g/mol. The highest BCUT2D eigenvalue weighted by Crippen LogP contribution is 1.94. The fourth-order valence-corrected chi connectivity index (χ4v) is 1.50. The monoisotopic (exact) mass is 267 g/mol. The van der Waals surface area contributed by atoms with Crippen molar-refractivity contribution in [1.82, 2.24) is 5.32 Å². The molecule has 3 nitrogen and oxygen atoms in total. The predicted molar refractivity (Wildman–Crippen MR) is 82.5 cm³/mol. The zero-order valence-electron chi connectivity index (χ0n) is 12.3. The number of unbranched alkanes of at least 4 members (excludes halogenated alkanes) is 2. The fourth-order valence-electron chi connectivity index (χ4n) is 1.50. The highest BCUT2D eigenvalue weighted by Gasteiger charge is 1.92. The van der Waals surface area contributed by atoms with Crippen LogP contribution in [0.2, 0.25) is 0 Å². The highest BCUT2D eigenvalue weighted by atomic mass is 16.5. The lowest BCUT2D eigenvalue weighted by molar-refractivity contribution is 0.0476. The second-order valence-electron chi connectivity index (χ2n) is 4.29. The van der Waals surface area contributed by atoms with E-state index in [9.17, 15) is 0 Å². The molecule has 0 saturated carbocycles. The van der Waals surface area contributed by atoms with E-state index in [0.29, 0.717) is 19.8 Å². The third-order valence-corrected chi connectivity index (χ3v) is 2.61. The summed E-state index contributed by atoms with van der Waals surface area (Å²) in [7, 11) is 0. The molecule has 0 heterocycles. The molecule has 0 aromatic carbocycles. The van der Waals surface area contributed by atoms with Gasteiger partial charge in [0.1, 0.15) is 0 Å². The number of allylic oxidation sites excluding steroid dienone is 2. The summed E-state index contributed by atoms with van der Waals surface area (Å²) in [5.74, 6) is 0. The molecule has 0 rings (SSSR count). The number of hydrogen-bond acceptors (Lipinski definition) is 3. The molecular formula is C16H29NO2. The van der Waals surface area contributed by atoms with Gasteiger partial charge in [-0.2, -0.15) is 0 Å². The van der Waals surface area contributed by atoms with Crippen LogP contribution in [0.5, 0.6) is 0 Å². The zero-order valence-corrected chi connectivity index (χ0v) is 12.3. The normalized spacial score (nSPS) is 11.5. The molecule has 0 aliphatic carbocycles. The Kier molecular flexibility index (Phi) is 14.4. The maximum absolute atomic E-state index is 5.46. The molecule has 3 heteroatoms. The first-order chi connectivity index (χ1) is 9.35. The van der Waals surface area contributed by atoms with Crippen LogP contribution in [0, 0.1) is 0 Å². The molecule has 19 heavy (non-hydrogen) atoms. The Labute approximate surface area is 118 Å². The first-order valence-electron chi connectivity index (χ1n) is 7.15. The van der Waals surface area contributed by atoms with Crippen LogP contribution >= 0.6 is 0 Å². The molecule has 0 aromatic heterocycles. The Balaban J connectivity index is 3.20. The van der Waals surface area contributed by atoms with Gasteiger partial charge in [-0.1, -0.05) is 51.2 Å². The van der Waals surface area contributed by atoms with Gasteiger partial charge >= 0.3 is 0 Å². The lowest BCUT2D eigenvalue weighted by Gasteiger charge is -2.07. The standard InChI is InChI=1S/C16H29NO2/c1-4-7-8-11-18-13-14-19-12-10-17-15-16(6-3)9-5-2/h5-6,9,17H,2-4,7-8,10-15H2,1H3/b16-9+. The summed E-state index contributed by atoms with van der Waals surface area (Å²) in [4.78, 5) is 0. The van der Waals surface area contributed by atoms with Crippen LogP contribution in [0.25, 0.3) is 0 Å². The van der Waals surface area contributed by atoms with Gasteiger partial charge in [0.05, 0.1) is 19.8 Å². The SMILES string of the molecule is C=C/C=C(\C=C)CNCCOCCOCCCCC. The van der Waals surface area contributed by atoms with Gasteiger partial charge in [0, 0.05) is 19.7 Å². The van der Waals surface area contributed by atoms with E-state index in [2.05, 4.69) is 25.4 Å². The van der Waals surface area contributed by atoms with Crippen molar-refractivity contribution in [3.05, 3.63) is 37.0 Å². The average Bonchev–Trinajstić information content (AvgIpc) is 2.43. The van der Waals surface area contributed by atoms with Gasteiger partial charge < -0.3 is 14.8 Å². The lowest BCUT2D eigenvalue weighted by atomic mass is 10.2. The van der Waals surface area contributed by atoms with Crippen molar-refractivity contribution >= 4 is 0 Å². The maximum atomic E-state index is 5.46. The molecule has 0 spiro atoms. The topological polar surface area (TPSA) is 30.5 Å². The Hall–Kier alpha value is -0.900. The third kappa shape index (κ3) is 13.3. The van der Waals surface area contributed by atoms with Crippen molar-refractivity contribution in [2.24, 2.45) is 0 Å². The summed E-state index contributed by atoms with van der Waals surface area (Å²) in [5, 5.41) is 3.29. The van der Waals surface area contributed by atoms with Gasteiger partial charge in [0.15, 0.2) is 0 Å². The largest absolute Gasteiger partial charge is 0.379 e. The number of ether oxygens (including phenoxy) is 2. The second kappa shape index (κ2) is 15.2. The van der Waals surface area contributed by atoms with E-state index in [4.69, 9.17) is 9.47 Å². The molecule has 0 unspecified atom stereocenters. The predicted octanol–water partition coefficient (Wildman–Crippen LogP) is 3.10. The molecule has 0 fully saturated rings. The van der Waals surface area contributed by atoms with Crippen molar-refractivity contribution in [3.63, 3.8) is 0 Å². The van der Waals surface area contributed by atoms with E-state index < -0.39 is 0 Å². The molecule has 0 aliphatic rings. The number of hydrogen-bond donors (Lipinski definition) is 1. The Morgan fingerprint density at radius 1 is 1.05 bits per heavy atom. The van der Waals surface area contributed by atoms with Crippen LogP contribution in [0.4, 0.5) is 0 Å². The van der Waals surface area contributed by atoms with Crippen molar-refractivity contribution in [1.29, 1.82) is 0 Å². The Morgan fingerprint density at radius 2 is 1.79 bits per heavy atom. The smallest absolute Gasteiger partial charge is 0.0701 e. The molecule has 0 amide bonds. The van der Waals surface area contributed by atoms with Crippen LogP contribution in [0.3, 0.4) is 0 Å². The van der Waals surface area contributed by atoms with Crippen LogP contribution in [-0.4, -0.2) is 39.5 Å². The molecule has 0 aliphatic heterocycles. The number of nitrogens with one attached hydrogen (secondary N) is 1. The summed E-state index contributed by atoms with van der Waals surface area (Å²) in [6, 6.07) is 0. The summed E-state index contributed by atoms with van der Waals surface area (Å²) in [6.07, 6.45) is 9.18. The number of rotatable bonds is 14. The van der Waals surface area contributed by atoms with E-state index >= 15 is 0 Å². The first-order valence-corrected chi connectivity index (χ1v) is 7.15. The molecule has 110 valence electrons. The molecule has 0 atom stereocenters. The van der Waals surface area contributed by atoms with Crippen molar-refractivity contribution in [2.75, 3.05) is 39.5 Å². The maximum Gasteiger partial charge on any atom is 0.0701 e. The first kappa shape index (κ1) is 18.1. The molecule has 0 aromatic rings. The van der Waals surface area contributed by atoms with Gasteiger partial charge in [-0.3, -0.25) is 0 Å². The van der Waals surface area contributed by atoms with Crippen molar-refractivity contribution in [3.8, 4) is 0 Å². The average molecular weight is 267 g/mol. The minimum absolute atomic E-state index is 0.671. The van der Waals surface area contributed by atoms with Crippen LogP contribution < -0.4 is 5.32 Å². The Bertz CT molecular complexity index is 249. The van der Waals surface area contributed by atoms with Gasteiger partial charge in [-0.05, 0) is 12.0 Å². The second-order valence-corrected chi connectivity index (χ2v) is 4.29. The zero-order chi connectivity index (χ0) is 14.2. The fraction of sp³-hybridized carbons (Fsp3) is 0.625. The van der Waals surface area contributed by atoms with E-state index in [-0.39, 0.29) is 0 Å². The Morgan fingerprint density at radius 3 is 2.42 bits per heavy atom. The minimum Gasteiger partial charge on any atom is -0.379 e. The molecule has 0 bridgehead atoms. The minimum atomic E-state index is 0.671. The van der Waals surface area contributed by atoms with Crippen molar-refractivity contribution < 1.29 is 9.47 Å². The van der Waals surface area contributed by atoms with E-state index in [1.54, 1.807) is 6.08 Å². The van der Waals surface area contributed by atoms with E-state index in [0.717, 1.165) is 31.7 Å². The molecule has 0 saturated heterocycles. The third-order valence-electron chi connectivity index (χ3n) is 2.61. The summed E-state index contributed by atoms with van der Waals surface area (Å²) in [6.45, 7) is 14.2. The molecule has 1 N–H and O–H groups in total. The van der Waals surface area contributed by atoms with Crippen LogP contribution in [0.15, 0.2) is 37.0 Å². The van der Waals surface area contributed by atoms with Gasteiger partial charge in [-0.15, -0.1) is 0 Å². The summed E-state index contributed by atoms with van der Waals surface area (Å²) >= 11 is 0. The summed E-state index contributed by atoms with van der Waals surface area (Å²) in [5.41, 5.74) is 1.13. The van der Waals surface area contributed by atoms with Gasteiger partial charge in [-0.25, -0.2) is 0 Å². The van der Waals surface area contributed by atoms with E-state index in [1.807, 2.05) is 12.2 Å². The van der Waals surface area contributed by atoms with E-state index in [1.165, 1.54) is 12.8 Å². The van der Waals surface area contributed by atoms with Crippen LogP contribution in [0.1, 0.15) is 26.2 Å². The summed E-state index contributed by atoms with van der Waals surface area (Å²) < 4.78 is 10.9. The lowest BCUT2D eigenvalue weighted by Crippen LogP contribution is -2.22. The highest BCUT2D eigenvalue weighted by molar-refractivity contribution is 5.22. The van der Waals surface area contributed by atoms with Gasteiger partial charge in [0.2, 0.25) is 0 Å². The van der Waals surface area contributed by atoms with Gasteiger partial charge in [0.25, 0.3) is 0 Å². The van der Waals surface area contributed by atoms with Crippen molar-refractivity contribution in [2.45, 2.75) is 26.2 Å². The quantitative estimate of drug-likeness (QED) is 0.387. The molecule has 0 radical (unpaired) electrons.